The van der Waals surface area contributed by atoms with Crippen LogP contribution in [0.2, 0.25) is 0 Å². The van der Waals surface area contributed by atoms with Gasteiger partial charge in [0.1, 0.15) is 5.82 Å². The van der Waals surface area contributed by atoms with E-state index in [4.69, 9.17) is 6.42 Å². The van der Waals surface area contributed by atoms with Crippen molar-refractivity contribution in [3.05, 3.63) is 35.6 Å². The number of likely N-dealkylation sites (tertiary alicyclic amines) is 1. The van der Waals surface area contributed by atoms with Crippen LogP contribution in [0.1, 0.15) is 24.8 Å². The minimum Gasteiger partial charge on any atom is -0.389 e. The van der Waals surface area contributed by atoms with Crippen LogP contribution in [-0.4, -0.2) is 35.2 Å². The average molecular weight is 261 g/mol. The summed E-state index contributed by atoms with van der Waals surface area (Å²) in [5.41, 5.74) is 0.325. The second kappa shape index (κ2) is 6.18. The van der Waals surface area contributed by atoms with Crippen LogP contribution >= 0.6 is 0 Å². The Morgan fingerprint density at radius 2 is 1.89 bits per heavy atom. The molecule has 3 heteroatoms. The third-order valence-electron chi connectivity index (χ3n) is 3.81. The third kappa shape index (κ3) is 4.05. The first-order valence-corrected chi connectivity index (χ1v) is 6.74. The summed E-state index contributed by atoms with van der Waals surface area (Å²) >= 11 is 0. The van der Waals surface area contributed by atoms with E-state index in [1.807, 2.05) is 0 Å². The molecule has 1 fully saturated rings. The highest BCUT2D eigenvalue weighted by Crippen LogP contribution is 2.26. The number of rotatable bonds is 4. The van der Waals surface area contributed by atoms with Gasteiger partial charge in [-0.3, -0.25) is 0 Å². The summed E-state index contributed by atoms with van der Waals surface area (Å²) in [7, 11) is 0. The van der Waals surface area contributed by atoms with Gasteiger partial charge in [0.15, 0.2) is 0 Å². The average Bonchev–Trinajstić information content (AvgIpc) is 2.41. The molecule has 0 aromatic heterocycles. The SMILES string of the molecule is C#CCCN1CCC(O)(Cc2ccc(F)cc2)CC1. The van der Waals surface area contributed by atoms with Crippen LogP contribution in [0.3, 0.4) is 0 Å². The summed E-state index contributed by atoms with van der Waals surface area (Å²) in [5, 5.41) is 10.6. The molecule has 0 spiro atoms. The highest BCUT2D eigenvalue weighted by molar-refractivity contribution is 5.18. The fraction of sp³-hybridized carbons (Fsp3) is 0.500. The monoisotopic (exact) mass is 261 g/mol. The third-order valence-corrected chi connectivity index (χ3v) is 3.81. The predicted molar refractivity (Wildman–Crippen MR) is 74.2 cm³/mol. The number of piperidine rings is 1. The molecule has 1 saturated heterocycles. The molecule has 1 N–H and O–H groups in total. The summed E-state index contributed by atoms with van der Waals surface area (Å²) in [6.07, 6.45) is 8.10. The minimum atomic E-state index is -0.662. The van der Waals surface area contributed by atoms with Crippen LogP contribution in [0.25, 0.3) is 0 Å². The van der Waals surface area contributed by atoms with Crippen molar-refractivity contribution in [2.75, 3.05) is 19.6 Å². The van der Waals surface area contributed by atoms with Gasteiger partial charge in [0.2, 0.25) is 0 Å². The number of hydrogen-bond acceptors (Lipinski definition) is 2. The first-order chi connectivity index (χ1) is 9.11. The van der Waals surface area contributed by atoms with E-state index >= 15 is 0 Å². The van der Waals surface area contributed by atoms with Gasteiger partial charge in [0.25, 0.3) is 0 Å². The summed E-state index contributed by atoms with van der Waals surface area (Å²) in [6.45, 7) is 2.65. The Hall–Kier alpha value is -1.37. The predicted octanol–water partition coefficient (Wildman–Crippen LogP) is 2.22. The molecule has 0 saturated carbocycles. The first-order valence-electron chi connectivity index (χ1n) is 6.74. The van der Waals surface area contributed by atoms with Gasteiger partial charge in [-0.05, 0) is 30.5 Å². The van der Waals surface area contributed by atoms with E-state index in [2.05, 4.69) is 10.8 Å². The molecule has 2 rings (SSSR count). The highest BCUT2D eigenvalue weighted by atomic mass is 19.1. The molecule has 0 radical (unpaired) electrons. The van der Waals surface area contributed by atoms with Crippen LogP contribution in [-0.2, 0) is 6.42 Å². The molecule has 0 amide bonds. The lowest BCUT2D eigenvalue weighted by atomic mass is 9.85. The van der Waals surface area contributed by atoms with Crippen LogP contribution in [0.5, 0.6) is 0 Å². The van der Waals surface area contributed by atoms with Gasteiger partial charge in [0, 0.05) is 32.5 Å². The van der Waals surface area contributed by atoms with Gasteiger partial charge >= 0.3 is 0 Å². The molecule has 0 bridgehead atoms. The van der Waals surface area contributed by atoms with Gasteiger partial charge in [0.05, 0.1) is 5.60 Å². The molecule has 1 aromatic carbocycles. The maximum absolute atomic E-state index is 12.8. The number of hydrogen-bond donors (Lipinski definition) is 1. The van der Waals surface area contributed by atoms with E-state index < -0.39 is 5.60 Å². The van der Waals surface area contributed by atoms with Gasteiger partial charge in [-0.15, -0.1) is 12.3 Å². The van der Waals surface area contributed by atoms with Crippen molar-refractivity contribution in [2.24, 2.45) is 0 Å². The van der Waals surface area contributed by atoms with Gasteiger partial charge < -0.3 is 10.0 Å². The Morgan fingerprint density at radius 1 is 1.26 bits per heavy atom. The van der Waals surface area contributed by atoms with Crippen LogP contribution in [0, 0.1) is 18.2 Å². The zero-order valence-electron chi connectivity index (χ0n) is 11.1. The standard InChI is InChI=1S/C16H20FNO/c1-2-3-10-18-11-8-16(19,9-12-18)13-14-4-6-15(17)7-5-14/h1,4-7,19H,3,8-13H2. The topological polar surface area (TPSA) is 23.5 Å². The Labute approximate surface area is 114 Å². The normalized spacial score (nSPS) is 19.0. The van der Waals surface area contributed by atoms with Crippen LogP contribution in [0.4, 0.5) is 4.39 Å². The van der Waals surface area contributed by atoms with Crippen molar-refractivity contribution in [3.63, 3.8) is 0 Å². The number of benzene rings is 1. The van der Waals surface area contributed by atoms with Crippen LogP contribution < -0.4 is 0 Å². The largest absolute Gasteiger partial charge is 0.389 e. The van der Waals surface area contributed by atoms with E-state index in [9.17, 15) is 9.50 Å². The second-order valence-corrected chi connectivity index (χ2v) is 5.32. The summed E-state index contributed by atoms with van der Waals surface area (Å²) in [5.74, 6) is 2.40. The number of aliphatic hydroxyl groups is 1. The summed E-state index contributed by atoms with van der Waals surface area (Å²) in [4.78, 5) is 2.29. The minimum absolute atomic E-state index is 0.236. The Balaban J connectivity index is 1.88. The van der Waals surface area contributed by atoms with E-state index in [0.717, 1.165) is 44.5 Å². The lowest BCUT2D eigenvalue weighted by Gasteiger charge is -2.38. The van der Waals surface area contributed by atoms with Crippen LogP contribution in [0.15, 0.2) is 24.3 Å². The molecule has 2 nitrogen and oxygen atoms in total. The maximum atomic E-state index is 12.8. The molecule has 0 atom stereocenters. The molecule has 1 aromatic rings. The van der Waals surface area contributed by atoms with Gasteiger partial charge in [-0.2, -0.15) is 0 Å². The molecule has 19 heavy (non-hydrogen) atoms. The van der Waals surface area contributed by atoms with E-state index in [1.54, 1.807) is 12.1 Å². The lowest BCUT2D eigenvalue weighted by Crippen LogP contribution is -2.45. The molecule has 1 aliphatic rings. The van der Waals surface area contributed by atoms with E-state index in [1.165, 1.54) is 12.1 Å². The number of terminal acetylenes is 1. The molecule has 0 unspecified atom stereocenters. The van der Waals surface area contributed by atoms with Crippen molar-refractivity contribution < 1.29 is 9.50 Å². The molecular weight excluding hydrogens is 241 g/mol. The fourth-order valence-electron chi connectivity index (χ4n) is 2.57. The van der Waals surface area contributed by atoms with E-state index in [-0.39, 0.29) is 5.82 Å². The fourth-order valence-corrected chi connectivity index (χ4v) is 2.57. The van der Waals surface area contributed by atoms with Crippen molar-refractivity contribution in [1.29, 1.82) is 0 Å². The summed E-state index contributed by atoms with van der Waals surface area (Å²) < 4.78 is 12.8. The molecule has 102 valence electrons. The molecule has 0 aliphatic carbocycles. The van der Waals surface area contributed by atoms with Gasteiger partial charge in [-0.25, -0.2) is 4.39 Å². The molecular formula is C16H20FNO. The first kappa shape index (κ1) is 14.0. The number of nitrogens with zero attached hydrogens (tertiary/aromatic N) is 1. The Kier molecular flexibility index (Phi) is 4.57. The second-order valence-electron chi connectivity index (χ2n) is 5.32. The molecule has 1 heterocycles. The Morgan fingerprint density at radius 3 is 2.47 bits per heavy atom. The number of halogens is 1. The lowest BCUT2D eigenvalue weighted by molar-refractivity contribution is -0.0200. The van der Waals surface area contributed by atoms with Crippen molar-refractivity contribution in [3.8, 4) is 12.3 Å². The summed E-state index contributed by atoms with van der Waals surface area (Å²) in [6, 6.07) is 6.39. The zero-order valence-corrected chi connectivity index (χ0v) is 11.1. The maximum Gasteiger partial charge on any atom is 0.123 e. The quantitative estimate of drug-likeness (QED) is 0.840. The molecule has 1 aliphatic heterocycles. The smallest absolute Gasteiger partial charge is 0.123 e. The van der Waals surface area contributed by atoms with E-state index in [0.29, 0.717) is 6.42 Å². The highest BCUT2D eigenvalue weighted by Gasteiger charge is 2.32. The van der Waals surface area contributed by atoms with Crippen molar-refractivity contribution >= 4 is 0 Å². The van der Waals surface area contributed by atoms with Crippen molar-refractivity contribution in [1.82, 2.24) is 4.90 Å². The van der Waals surface area contributed by atoms with Gasteiger partial charge in [-0.1, -0.05) is 12.1 Å². The zero-order chi connectivity index (χ0) is 13.7. The van der Waals surface area contributed by atoms with Crippen molar-refractivity contribution in [2.45, 2.75) is 31.3 Å². The Bertz CT molecular complexity index is 441.